The van der Waals surface area contributed by atoms with Crippen LogP contribution >= 0.6 is 0 Å². The average Bonchev–Trinajstić information content (AvgIpc) is 2.80. The van der Waals surface area contributed by atoms with Crippen LogP contribution in [0.4, 0.5) is 0 Å². The van der Waals surface area contributed by atoms with Crippen molar-refractivity contribution in [1.29, 1.82) is 0 Å². The molecule has 32 heavy (non-hydrogen) atoms. The van der Waals surface area contributed by atoms with Crippen molar-refractivity contribution in [2.45, 2.75) is 33.1 Å². The van der Waals surface area contributed by atoms with E-state index in [0.717, 1.165) is 38.2 Å². The van der Waals surface area contributed by atoms with E-state index >= 15 is 0 Å². The normalized spacial score (nSPS) is 20.9. The second-order valence-corrected chi connectivity index (χ2v) is 9.53. The topological polar surface area (TPSA) is 37.4 Å². The Labute approximate surface area is 192 Å². The number of rotatable bonds is 9. The fourth-order valence-electron chi connectivity index (χ4n) is 4.99. The number of piperidine rings is 1. The maximum Gasteiger partial charge on any atom is 0.0752 e. The number of benzene rings is 2. The van der Waals surface area contributed by atoms with Gasteiger partial charge in [-0.3, -0.25) is 9.88 Å². The molecule has 1 aliphatic heterocycles. The highest BCUT2D eigenvalue weighted by atomic mass is 16.5. The molecular weight excluding hydrogens is 394 g/mol. The molecule has 1 N–H and O–H groups in total. The summed E-state index contributed by atoms with van der Waals surface area (Å²) in [6.45, 7) is 14.0. The van der Waals surface area contributed by atoms with Crippen LogP contribution < -0.4 is 5.32 Å². The molecule has 3 aromatic rings. The van der Waals surface area contributed by atoms with Crippen LogP contribution in [0, 0.1) is 11.3 Å². The van der Waals surface area contributed by atoms with E-state index in [0.29, 0.717) is 12.5 Å². The van der Waals surface area contributed by atoms with Crippen molar-refractivity contribution >= 4 is 10.9 Å². The molecule has 0 radical (unpaired) electrons. The van der Waals surface area contributed by atoms with Gasteiger partial charge >= 0.3 is 0 Å². The number of para-hydroxylation sites is 1. The minimum absolute atomic E-state index is 0.135. The first-order valence-electron chi connectivity index (χ1n) is 11.6. The molecule has 168 valence electrons. The summed E-state index contributed by atoms with van der Waals surface area (Å²) >= 11 is 0. The second kappa shape index (κ2) is 10.4. The molecule has 2 heterocycles. The summed E-state index contributed by atoms with van der Waals surface area (Å²) in [7, 11) is 0. The third-order valence-corrected chi connectivity index (χ3v) is 6.64. The fraction of sp³-hybridized carbons (Fsp3) is 0.393. The minimum atomic E-state index is 0.135. The van der Waals surface area contributed by atoms with Gasteiger partial charge in [0.25, 0.3) is 0 Å². The van der Waals surface area contributed by atoms with Crippen LogP contribution in [-0.4, -0.2) is 42.2 Å². The number of nitrogens with zero attached hydrogens (tertiary/aromatic N) is 2. The third-order valence-electron chi connectivity index (χ3n) is 6.64. The predicted molar refractivity (Wildman–Crippen MR) is 132 cm³/mol. The van der Waals surface area contributed by atoms with Gasteiger partial charge in [0.1, 0.15) is 0 Å². The SMILES string of the molecule is C=CCN1C[C@@H](OCc2ccccc2)[C@@H](CNCc2ccnc3ccccc23)C(C)(C)C1. The summed E-state index contributed by atoms with van der Waals surface area (Å²) in [4.78, 5) is 6.96. The van der Waals surface area contributed by atoms with Crippen molar-refractivity contribution in [3.63, 3.8) is 0 Å². The maximum atomic E-state index is 6.54. The summed E-state index contributed by atoms with van der Waals surface area (Å²) in [5.41, 5.74) is 3.70. The van der Waals surface area contributed by atoms with Crippen molar-refractivity contribution in [3.8, 4) is 0 Å². The van der Waals surface area contributed by atoms with Gasteiger partial charge in [-0.15, -0.1) is 6.58 Å². The molecule has 1 saturated heterocycles. The van der Waals surface area contributed by atoms with Gasteiger partial charge in [0, 0.05) is 50.2 Å². The van der Waals surface area contributed by atoms with Gasteiger partial charge in [-0.25, -0.2) is 0 Å². The highest BCUT2D eigenvalue weighted by molar-refractivity contribution is 5.81. The Morgan fingerprint density at radius 1 is 1.12 bits per heavy atom. The molecule has 1 aromatic heterocycles. The van der Waals surface area contributed by atoms with E-state index in [-0.39, 0.29) is 11.5 Å². The highest BCUT2D eigenvalue weighted by Gasteiger charge is 2.42. The minimum Gasteiger partial charge on any atom is -0.372 e. The summed E-state index contributed by atoms with van der Waals surface area (Å²) in [5, 5.41) is 4.97. The Bertz CT molecular complexity index is 1010. The molecule has 2 atom stereocenters. The fourth-order valence-corrected chi connectivity index (χ4v) is 4.99. The van der Waals surface area contributed by atoms with Crippen LogP contribution in [0.2, 0.25) is 0 Å². The number of ether oxygens (including phenoxy) is 1. The summed E-state index contributed by atoms with van der Waals surface area (Å²) in [6, 6.07) is 20.9. The molecule has 0 bridgehead atoms. The van der Waals surface area contributed by atoms with E-state index < -0.39 is 0 Å². The van der Waals surface area contributed by atoms with Crippen LogP contribution in [0.1, 0.15) is 25.0 Å². The van der Waals surface area contributed by atoms with E-state index in [1.165, 1.54) is 16.5 Å². The standard InChI is InChI=1S/C28H35N3O/c1-4-16-31-19-27(32-20-22-10-6-5-7-11-22)25(28(2,3)21-31)18-29-17-23-14-15-30-26-13-9-8-12-24(23)26/h4-15,25,27,29H,1,16-21H2,2-3H3/t25-,27-/m1/s1. The van der Waals surface area contributed by atoms with E-state index in [2.05, 4.69) is 90.2 Å². The largest absolute Gasteiger partial charge is 0.372 e. The Morgan fingerprint density at radius 3 is 2.72 bits per heavy atom. The first kappa shape index (κ1) is 22.7. The first-order valence-corrected chi connectivity index (χ1v) is 11.6. The lowest BCUT2D eigenvalue weighted by Crippen LogP contribution is -2.57. The lowest BCUT2D eigenvalue weighted by atomic mass is 9.72. The Morgan fingerprint density at radius 2 is 1.91 bits per heavy atom. The molecule has 2 aromatic carbocycles. The molecule has 4 rings (SSSR count). The van der Waals surface area contributed by atoms with Crippen molar-refractivity contribution in [2.24, 2.45) is 11.3 Å². The monoisotopic (exact) mass is 429 g/mol. The van der Waals surface area contributed by atoms with Gasteiger partial charge in [0.15, 0.2) is 0 Å². The van der Waals surface area contributed by atoms with Crippen LogP contribution in [0.5, 0.6) is 0 Å². The summed E-state index contributed by atoms with van der Waals surface area (Å²) in [6.07, 6.45) is 4.07. The van der Waals surface area contributed by atoms with Crippen LogP contribution in [-0.2, 0) is 17.9 Å². The smallest absolute Gasteiger partial charge is 0.0752 e. The van der Waals surface area contributed by atoms with Gasteiger partial charge < -0.3 is 10.1 Å². The lowest BCUT2D eigenvalue weighted by molar-refractivity contribution is -0.0936. The molecule has 1 aliphatic rings. The molecule has 0 aliphatic carbocycles. The van der Waals surface area contributed by atoms with Gasteiger partial charge in [-0.05, 0) is 28.7 Å². The van der Waals surface area contributed by atoms with Crippen molar-refractivity contribution in [1.82, 2.24) is 15.2 Å². The molecule has 0 spiro atoms. The molecule has 1 fully saturated rings. The van der Waals surface area contributed by atoms with Gasteiger partial charge in [0.05, 0.1) is 18.2 Å². The molecule has 0 unspecified atom stereocenters. The zero-order valence-electron chi connectivity index (χ0n) is 19.3. The third kappa shape index (κ3) is 5.44. The average molecular weight is 430 g/mol. The molecular formula is C28H35N3O. The maximum absolute atomic E-state index is 6.54. The molecule has 4 heteroatoms. The van der Waals surface area contributed by atoms with Crippen molar-refractivity contribution in [3.05, 3.63) is 90.6 Å². The number of hydrogen-bond acceptors (Lipinski definition) is 4. The zero-order chi connectivity index (χ0) is 22.4. The van der Waals surface area contributed by atoms with Crippen LogP contribution in [0.3, 0.4) is 0 Å². The number of likely N-dealkylation sites (tertiary alicyclic amines) is 1. The van der Waals surface area contributed by atoms with E-state index in [1.54, 1.807) is 0 Å². The van der Waals surface area contributed by atoms with E-state index in [1.807, 2.05) is 18.3 Å². The highest BCUT2D eigenvalue weighted by Crippen LogP contribution is 2.36. The quantitative estimate of drug-likeness (QED) is 0.483. The van der Waals surface area contributed by atoms with Gasteiger partial charge in [0.2, 0.25) is 0 Å². The van der Waals surface area contributed by atoms with Crippen molar-refractivity contribution < 1.29 is 4.74 Å². The van der Waals surface area contributed by atoms with Gasteiger partial charge in [-0.2, -0.15) is 0 Å². The number of aromatic nitrogens is 1. The molecule has 4 nitrogen and oxygen atoms in total. The lowest BCUT2D eigenvalue weighted by Gasteiger charge is -2.48. The van der Waals surface area contributed by atoms with Crippen molar-refractivity contribution in [2.75, 3.05) is 26.2 Å². The van der Waals surface area contributed by atoms with E-state index in [9.17, 15) is 0 Å². The van der Waals surface area contributed by atoms with Crippen LogP contribution in [0.25, 0.3) is 10.9 Å². The number of fused-ring (bicyclic) bond motifs is 1. The van der Waals surface area contributed by atoms with Crippen LogP contribution in [0.15, 0.2) is 79.5 Å². The number of nitrogens with one attached hydrogen (secondary N) is 1. The second-order valence-electron chi connectivity index (χ2n) is 9.53. The number of pyridine rings is 1. The molecule has 0 amide bonds. The summed E-state index contributed by atoms with van der Waals surface area (Å²) < 4.78 is 6.54. The first-order chi connectivity index (χ1) is 15.6. The Kier molecular flexibility index (Phi) is 7.36. The summed E-state index contributed by atoms with van der Waals surface area (Å²) in [5.74, 6) is 0.417. The Hall–Kier alpha value is -2.53. The zero-order valence-corrected chi connectivity index (χ0v) is 19.3. The van der Waals surface area contributed by atoms with Gasteiger partial charge in [-0.1, -0.05) is 68.5 Å². The number of hydrogen-bond donors (Lipinski definition) is 1. The van der Waals surface area contributed by atoms with E-state index in [4.69, 9.17) is 4.74 Å². The predicted octanol–water partition coefficient (Wildman–Crippen LogP) is 5.05. The Balaban J connectivity index is 1.45. The molecule has 0 saturated carbocycles.